The first-order valence-electron chi connectivity index (χ1n) is 4.90. The van der Waals surface area contributed by atoms with Crippen LogP contribution in [0.1, 0.15) is 0 Å². The minimum atomic E-state index is 0.557. The highest BCUT2D eigenvalue weighted by molar-refractivity contribution is 9.10. The van der Waals surface area contributed by atoms with Gasteiger partial charge in [0.25, 0.3) is 0 Å². The van der Waals surface area contributed by atoms with Crippen molar-refractivity contribution in [3.05, 3.63) is 52.1 Å². The average molecular weight is 293 g/mol. The molecule has 0 N–H and O–H groups in total. The van der Waals surface area contributed by atoms with Gasteiger partial charge in [-0.3, -0.25) is 0 Å². The normalized spacial score (nSPS) is 11.1. The summed E-state index contributed by atoms with van der Waals surface area (Å²) in [5.74, 6) is 0. The molecular formula is C13H7BrClN. The molecule has 3 aromatic rings. The van der Waals surface area contributed by atoms with Crippen molar-refractivity contribution in [2.24, 2.45) is 0 Å². The lowest BCUT2D eigenvalue weighted by Crippen LogP contribution is -1.85. The zero-order valence-corrected chi connectivity index (χ0v) is 10.6. The highest BCUT2D eigenvalue weighted by Gasteiger charge is 2.07. The standard InChI is InChI=1S/C13H7BrClN/c14-10-6-3-7-11-12(10)8-4-1-2-5-9(8)13(15)16-11/h1-7H. The second-order valence-corrected chi connectivity index (χ2v) is 4.79. The van der Waals surface area contributed by atoms with E-state index in [1.54, 1.807) is 0 Å². The fraction of sp³-hybridized carbons (Fsp3) is 0. The Balaban J connectivity index is 2.67. The number of aromatic nitrogens is 1. The van der Waals surface area contributed by atoms with E-state index >= 15 is 0 Å². The number of halogens is 2. The van der Waals surface area contributed by atoms with Crippen LogP contribution in [0.3, 0.4) is 0 Å². The van der Waals surface area contributed by atoms with Crippen LogP contribution >= 0.6 is 27.5 Å². The molecule has 0 aliphatic rings. The van der Waals surface area contributed by atoms with Gasteiger partial charge in [-0.1, -0.05) is 57.9 Å². The molecule has 0 unspecified atom stereocenters. The summed E-state index contributed by atoms with van der Waals surface area (Å²) < 4.78 is 1.05. The van der Waals surface area contributed by atoms with Crippen LogP contribution in [0.25, 0.3) is 21.7 Å². The fourth-order valence-electron chi connectivity index (χ4n) is 1.92. The molecule has 0 fully saturated rings. The van der Waals surface area contributed by atoms with Gasteiger partial charge in [-0.05, 0) is 17.5 Å². The predicted octanol–water partition coefficient (Wildman–Crippen LogP) is 4.80. The number of fused-ring (bicyclic) bond motifs is 3. The van der Waals surface area contributed by atoms with Crippen molar-refractivity contribution in [1.29, 1.82) is 0 Å². The van der Waals surface area contributed by atoms with Crippen molar-refractivity contribution in [2.75, 3.05) is 0 Å². The van der Waals surface area contributed by atoms with Crippen molar-refractivity contribution in [3.63, 3.8) is 0 Å². The maximum Gasteiger partial charge on any atom is 0.137 e. The highest BCUT2D eigenvalue weighted by Crippen LogP contribution is 2.33. The van der Waals surface area contributed by atoms with E-state index in [9.17, 15) is 0 Å². The topological polar surface area (TPSA) is 12.9 Å². The smallest absolute Gasteiger partial charge is 0.137 e. The van der Waals surface area contributed by atoms with Gasteiger partial charge in [-0.15, -0.1) is 0 Å². The molecule has 3 heteroatoms. The Labute approximate surface area is 106 Å². The van der Waals surface area contributed by atoms with Crippen LogP contribution in [0.5, 0.6) is 0 Å². The van der Waals surface area contributed by atoms with Gasteiger partial charge in [-0.25, -0.2) is 4.98 Å². The van der Waals surface area contributed by atoms with E-state index in [2.05, 4.69) is 27.0 Å². The lowest BCUT2D eigenvalue weighted by molar-refractivity contribution is 1.44. The van der Waals surface area contributed by atoms with Gasteiger partial charge in [0.2, 0.25) is 0 Å². The van der Waals surface area contributed by atoms with Gasteiger partial charge in [0.05, 0.1) is 5.52 Å². The van der Waals surface area contributed by atoms with Crippen LogP contribution in [0.2, 0.25) is 5.15 Å². The fourth-order valence-corrected chi connectivity index (χ4v) is 2.74. The Morgan fingerprint density at radius 2 is 1.69 bits per heavy atom. The molecule has 0 aliphatic heterocycles. The molecule has 2 aromatic carbocycles. The van der Waals surface area contributed by atoms with Gasteiger partial charge in [0, 0.05) is 15.2 Å². The van der Waals surface area contributed by atoms with Crippen LogP contribution in [-0.2, 0) is 0 Å². The summed E-state index contributed by atoms with van der Waals surface area (Å²) in [6.45, 7) is 0. The molecule has 0 saturated carbocycles. The summed E-state index contributed by atoms with van der Waals surface area (Å²) >= 11 is 9.72. The molecule has 1 heterocycles. The number of benzene rings is 2. The van der Waals surface area contributed by atoms with Crippen LogP contribution in [0.4, 0.5) is 0 Å². The second-order valence-electron chi connectivity index (χ2n) is 3.58. The lowest BCUT2D eigenvalue weighted by atomic mass is 10.1. The van der Waals surface area contributed by atoms with Crippen LogP contribution in [-0.4, -0.2) is 4.98 Å². The van der Waals surface area contributed by atoms with Crippen LogP contribution < -0.4 is 0 Å². The van der Waals surface area contributed by atoms with Gasteiger partial charge < -0.3 is 0 Å². The van der Waals surface area contributed by atoms with Crippen LogP contribution in [0.15, 0.2) is 46.9 Å². The molecule has 0 bridgehead atoms. The molecule has 0 amide bonds. The number of rotatable bonds is 0. The van der Waals surface area contributed by atoms with Gasteiger partial charge >= 0.3 is 0 Å². The Morgan fingerprint density at radius 1 is 0.938 bits per heavy atom. The van der Waals surface area contributed by atoms with E-state index in [1.807, 2.05) is 36.4 Å². The first kappa shape index (κ1) is 10.1. The molecule has 3 rings (SSSR count). The summed E-state index contributed by atoms with van der Waals surface area (Å²) in [5, 5.41) is 3.79. The van der Waals surface area contributed by atoms with E-state index in [4.69, 9.17) is 11.6 Å². The number of hydrogen-bond acceptors (Lipinski definition) is 1. The highest BCUT2D eigenvalue weighted by atomic mass is 79.9. The summed E-state index contributed by atoms with van der Waals surface area (Å²) in [4.78, 5) is 4.40. The Hall–Kier alpha value is -1.12. The molecule has 78 valence electrons. The van der Waals surface area contributed by atoms with Gasteiger partial charge in [0.1, 0.15) is 5.15 Å². The van der Waals surface area contributed by atoms with Crippen molar-refractivity contribution in [1.82, 2.24) is 4.98 Å². The van der Waals surface area contributed by atoms with Gasteiger partial charge in [0.15, 0.2) is 0 Å². The molecule has 0 spiro atoms. The Morgan fingerprint density at radius 3 is 2.50 bits per heavy atom. The van der Waals surface area contributed by atoms with Crippen LogP contribution in [0, 0.1) is 0 Å². The molecule has 0 radical (unpaired) electrons. The second kappa shape index (κ2) is 3.72. The van der Waals surface area contributed by atoms with Gasteiger partial charge in [-0.2, -0.15) is 0 Å². The molecule has 0 aliphatic carbocycles. The first-order valence-corrected chi connectivity index (χ1v) is 6.07. The molecule has 0 saturated heterocycles. The van der Waals surface area contributed by atoms with E-state index in [0.717, 1.165) is 26.1 Å². The summed E-state index contributed by atoms with van der Waals surface area (Å²) in [6, 6.07) is 14.0. The monoisotopic (exact) mass is 291 g/mol. The zero-order chi connectivity index (χ0) is 11.1. The SMILES string of the molecule is Clc1nc2cccc(Br)c2c2ccccc12. The summed E-state index contributed by atoms with van der Waals surface area (Å²) in [5.41, 5.74) is 0.915. The third-order valence-corrected chi connectivity index (χ3v) is 3.58. The van der Waals surface area contributed by atoms with Crippen molar-refractivity contribution in [2.45, 2.75) is 0 Å². The summed E-state index contributed by atoms with van der Waals surface area (Å²) in [7, 11) is 0. The Bertz CT molecular complexity index is 694. The van der Waals surface area contributed by atoms with E-state index < -0.39 is 0 Å². The molecule has 1 aromatic heterocycles. The number of hydrogen-bond donors (Lipinski definition) is 0. The van der Waals surface area contributed by atoms with Crippen molar-refractivity contribution >= 4 is 49.2 Å². The van der Waals surface area contributed by atoms with E-state index in [-0.39, 0.29) is 0 Å². The Kier molecular flexibility index (Phi) is 2.34. The van der Waals surface area contributed by atoms with Crippen molar-refractivity contribution in [3.8, 4) is 0 Å². The first-order chi connectivity index (χ1) is 7.77. The van der Waals surface area contributed by atoms with E-state index in [1.165, 1.54) is 0 Å². The third-order valence-electron chi connectivity index (χ3n) is 2.63. The molecule has 0 atom stereocenters. The minimum Gasteiger partial charge on any atom is -0.235 e. The van der Waals surface area contributed by atoms with Crippen molar-refractivity contribution < 1.29 is 0 Å². The number of nitrogens with zero attached hydrogens (tertiary/aromatic N) is 1. The summed E-state index contributed by atoms with van der Waals surface area (Å²) in [6.07, 6.45) is 0. The average Bonchev–Trinajstić information content (AvgIpc) is 2.29. The van der Waals surface area contributed by atoms with E-state index in [0.29, 0.717) is 5.15 Å². The predicted molar refractivity (Wildman–Crippen MR) is 72.0 cm³/mol. The third kappa shape index (κ3) is 1.41. The maximum atomic E-state index is 6.16. The number of pyridine rings is 1. The largest absolute Gasteiger partial charge is 0.235 e. The maximum absolute atomic E-state index is 6.16. The lowest BCUT2D eigenvalue weighted by Gasteiger charge is -2.06. The molecule has 1 nitrogen and oxygen atoms in total. The molecular weight excluding hydrogens is 286 g/mol. The zero-order valence-electron chi connectivity index (χ0n) is 8.24. The minimum absolute atomic E-state index is 0.557. The molecule has 16 heavy (non-hydrogen) atoms. The quantitative estimate of drug-likeness (QED) is 0.428.